The summed E-state index contributed by atoms with van der Waals surface area (Å²) in [6, 6.07) is -2.09. The van der Waals surface area contributed by atoms with E-state index in [0.717, 1.165) is 0 Å². The van der Waals surface area contributed by atoms with E-state index in [9.17, 15) is 121 Å². The Balaban J connectivity index is 0.000000540. The lowest BCUT2D eigenvalue weighted by atomic mass is 9.65. The van der Waals surface area contributed by atoms with Crippen molar-refractivity contribution in [3.63, 3.8) is 0 Å². The summed E-state index contributed by atoms with van der Waals surface area (Å²) in [5.74, 6) is -8.58. The maximum absolute atomic E-state index is 12.8. The van der Waals surface area contributed by atoms with Gasteiger partial charge in [-0.2, -0.15) is 105 Å². The van der Waals surface area contributed by atoms with E-state index < -0.39 is 144 Å². The molecule has 1 saturated carbocycles. The number of benzene rings is 1. The van der Waals surface area contributed by atoms with Gasteiger partial charge in [0.15, 0.2) is 0 Å². The van der Waals surface area contributed by atoms with Crippen LogP contribution in [0.25, 0.3) is 0 Å². The van der Waals surface area contributed by atoms with Crippen LogP contribution in [0.4, 0.5) is 105 Å². The lowest BCUT2D eigenvalue weighted by molar-refractivity contribution is -0.405. The molecule has 0 radical (unpaired) electrons. The molecular weight excluding hydrogens is 840 g/mol. The van der Waals surface area contributed by atoms with Crippen molar-refractivity contribution in [2.45, 2.75) is 97.2 Å². The Labute approximate surface area is 281 Å². The molecule has 0 spiro atoms. The SMILES string of the molecule is OC1CC(C(O)(C(F)(F)F)C(F)(F)F)CC(C(O)(C(F)(F)F)C(F)(F)F)C1.Oc1cc(C(O)(C(F)(F)F)C(F)(F)F)cc(C(O)(C(F)(F)F)C(F)(F)F)c1. The molecule has 6 N–H and O–H groups in total. The molecule has 54 heavy (non-hydrogen) atoms. The molecule has 30 heteroatoms. The van der Waals surface area contributed by atoms with Crippen LogP contribution < -0.4 is 0 Å². The maximum atomic E-state index is 12.8. The highest BCUT2D eigenvalue weighted by atomic mass is 19.4. The topological polar surface area (TPSA) is 121 Å². The zero-order chi connectivity index (χ0) is 43.7. The number of aromatic hydroxyl groups is 1. The van der Waals surface area contributed by atoms with Crippen LogP contribution in [0.15, 0.2) is 18.2 Å². The molecule has 0 heterocycles. The lowest BCUT2D eigenvalue weighted by Gasteiger charge is -2.47. The zero-order valence-corrected chi connectivity index (χ0v) is 24.8. The largest absolute Gasteiger partial charge is 0.508 e. The third-order valence-corrected chi connectivity index (χ3v) is 7.99. The smallest absolute Gasteiger partial charge is 0.430 e. The Kier molecular flexibility index (Phi) is 12.7. The molecule has 0 saturated heterocycles. The lowest BCUT2D eigenvalue weighted by Crippen LogP contribution is -2.67. The van der Waals surface area contributed by atoms with Gasteiger partial charge >= 0.3 is 49.4 Å². The van der Waals surface area contributed by atoms with Crippen molar-refractivity contribution in [1.29, 1.82) is 0 Å². The van der Waals surface area contributed by atoms with Crippen LogP contribution in [0, 0.1) is 11.8 Å². The number of aliphatic hydroxyl groups excluding tert-OH is 1. The average molecular weight is 858 g/mol. The Bertz CT molecular complexity index is 1290. The minimum Gasteiger partial charge on any atom is -0.508 e. The fraction of sp³-hybridized carbons (Fsp3) is 0.750. The summed E-state index contributed by atoms with van der Waals surface area (Å²) < 4.78 is 307. The summed E-state index contributed by atoms with van der Waals surface area (Å²) in [6.45, 7) is 0. The summed E-state index contributed by atoms with van der Waals surface area (Å²) >= 11 is 0. The van der Waals surface area contributed by atoms with Crippen molar-refractivity contribution >= 4 is 0 Å². The minimum absolute atomic E-state index is 0.544. The standard InChI is InChI=1S/C12H12F12O3.C12H6F12O3/c2*13-9(14,15)7(26,10(16,17)18)4-1-5(3-6(25)2-4)8(27,11(19,20)21)12(22,23)24/h4-6,25-27H,1-3H2;1-3,25-27H. The molecule has 0 aromatic heterocycles. The number of hydrogen-bond acceptors (Lipinski definition) is 6. The monoisotopic (exact) mass is 858 g/mol. The Morgan fingerprint density at radius 2 is 0.593 bits per heavy atom. The second-order valence-corrected chi connectivity index (χ2v) is 11.5. The van der Waals surface area contributed by atoms with Gasteiger partial charge < -0.3 is 30.6 Å². The van der Waals surface area contributed by atoms with Crippen molar-refractivity contribution in [2.24, 2.45) is 11.8 Å². The first-order valence-electron chi connectivity index (χ1n) is 13.2. The molecule has 6 nitrogen and oxygen atoms in total. The Morgan fingerprint density at radius 1 is 0.370 bits per heavy atom. The van der Waals surface area contributed by atoms with Crippen LogP contribution in [0.3, 0.4) is 0 Å². The third-order valence-electron chi connectivity index (χ3n) is 7.99. The maximum Gasteiger partial charge on any atom is 0.430 e. The molecule has 0 aliphatic heterocycles. The molecule has 318 valence electrons. The van der Waals surface area contributed by atoms with E-state index in [0.29, 0.717) is 0 Å². The molecule has 2 unspecified atom stereocenters. The quantitative estimate of drug-likeness (QED) is 0.175. The van der Waals surface area contributed by atoms with Gasteiger partial charge in [0.25, 0.3) is 22.4 Å². The van der Waals surface area contributed by atoms with Crippen LogP contribution in [-0.4, -0.2) is 97.4 Å². The van der Waals surface area contributed by atoms with Crippen molar-refractivity contribution in [1.82, 2.24) is 0 Å². The zero-order valence-electron chi connectivity index (χ0n) is 24.8. The van der Waals surface area contributed by atoms with Crippen LogP contribution >= 0.6 is 0 Å². The predicted octanol–water partition coefficient (Wildman–Crippen LogP) is 7.49. The number of aliphatic hydroxyl groups is 5. The molecule has 0 amide bonds. The molecular formula is C24H18F24O6. The highest BCUT2D eigenvalue weighted by molar-refractivity contribution is 5.42. The molecule has 0 bridgehead atoms. The number of halogens is 24. The van der Waals surface area contributed by atoms with Crippen LogP contribution in [0.5, 0.6) is 5.75 Å². The van der Waals surface area contributed by atoms with Crippen molar-refractivity contribution in [2.75, 3.05) is 0 Å². The number of phenols is 1. The normalized spacial score (nSPS) is 21.1. The van der Waals surface area contributed by atoms with Gasteiger partial charge in [-0.1, -0.05) is 0 Å². The van der Waals surface area contributed by atoms with E-state index in [4.69, 9.17) is 15.3 Å². The number of alkyl halides is 24. The van der Waals surface area contributed by atoms with Crippen LogP contribution in [0.1, 0.15) is 30.4 Å². The predicted molar refractivity (Wildman–Crippen MR) is 121 cm³/mol. The molecule has 1 fully saturated rings. The minimum atomic E-state index is -6.66. The van der Waals surface area contributed by atoms with Crippen molar-refractivity contribution in [3.8, 4) is 5.75 Å². The highest BCUT2D eigenvalue weighted by Gasteiger charge is 2.79. The highest BCUT2D eigenvalue weighted by Crippen LogP contribution is 2.58. The molecule has 2 rings (SSSR count). The van der Waals surface area contributed by atoms with E-state index >= 15 is 0 Å². The molecule has 2 atom stereocenters. The molecule has 1 aromatic carbocycles. The van der Waals surface area contributed by atoms with Crippen LogP contribution in [-0.2, 0) is 11.2 Å². The van der Waals surface area contributed by atoms with E-state index in [-0.39, 0.29) is 0 Å². The van der Waals surface area contributed by atoms with Gasteiger partial charge in [0.2, 0.25) is 0 Å². The second kappa shape index (κ2) is 14.0. The van der Waals surface area contributed by atoms with Gasteiger partial charge in [-0.05, 0) is 37.5 Å². The fourth-order valence-corrected chi connectivity index (χ4v) is 5.22. The van der Waals surface area contributed by atoms with Gasteiger partial charge in [0.05, 0.1) is 6.10 Å². The summed E-state index contributed by atoms with van der Waals surface area (Å²) in [5.41, 5.74) is -28.5. The van der Waals surface area contributed by atoms with Gasteiger partial charge in [0.1, 0.15) is 5.75 Å². The second-order valence-electron chi connectivity index (χ2n) is 11.5. The molecule has 1 aliphatic carbocycles. The van der Waals surface area contributed by atoms with Gasteiger partial charge in [-0.25, -0.2) is 0 Å². The van der Waals surface area contributed by atoms with Gasteiger partial charge in [-0.3, -0.25) is 0 Å². The Morgan fingerprint density at radius 3 is 0.778 bits per heavy atom. The first-order valence-corrected chi connectivity index (χ1v) is 13.2. The van der Waals surface area contributed by atoms with Gasteiger partial charge in [0, 0.05) is 23.0 Å². The summed E-state index contributed by atoms with van der Waals surface area (Å²) in [4.78, 5) is 0. The number of rotatable bonds is 4. The fourth-order valence-electron chi connectivity index (χ4n) is 5.22. The first-order chi connectivity index (χ1) is 23.2. The van der Waals surface area contributed by atoms with Gasteiger partial charge in [-0.15, -0.1) is 0 Å². The molecule has 1 aliphatic rings. The summed E-state index contributed by atoms with van der Waals surface area (Å²) in [5, 5.41) is 55.0. The van der Waals surface area contributed by atoms with E-state index in [2.05, 4.69) is 0 Å². The summed E-state index contributed by atoms with van der Waals surface area (Å²) in [7, 11) is 0. The number of hydrogen-bond donors (Lipinski definition) is 6. The Hall–Kier alpha value is -2.86. The van der Waals surface area contributed by atoms with Crippen molar-refractivity contribution in [3.05, 3.63) is 29.3 Å². The average Bonchev–Trinajstić information content (AvgIpc) is 2.90. The van der Waals surface area contributed by atoms with Crippen LogP contribution in [0.2, 0.25) is 0 Å². The third kappa shape index (κ3) is 8.30. The first kappa shape index (κ1) is 49.2. The summed E-state index contributed by atoms with van der Waals surface area (Å²) in [6.07, 6.45) is -60.6. The van der Waals surface area contributed by atoms with E-state index in [1.54, 1.807) is 0 Å². The van der Waals surface area contributed by atoms with E-state index in [1.807, 2.05) is 0 Å². The molecule has 1 aromatic rings. The number of phenolic OH excluding ortho intramolecular Hbond substituents is 1. The van der Waals surface area contributed by atoms with E-state index in [1.165, 1.54) is 0 Å². The van der Waals surface area contributed by atoms with Crippen molar-refractivity contribution < 1.29 is 136 Å².